The summed E-state index contributed by atoms with van der Waals surface area (Å²) < 4.78 is 0. The summed E-state index contributed by atoms with van der Waals surface area (Å²) >= 11 is 0. The van der Waals surface area contributed by atoms with Crippen molar-refractivity contribution in [2.45, 2.75) is 125 Å². The third-order valence-corrected chi connectivity index (χ3v) is 5.97. The third kappa shape index (κ3) is 7.16. The van der Waals surface area contributed by atoms with Crippen LogP contribution >= 0.6 is 0 Å². The minimum atomic E-state index is 0.102. The van der Waals surface area contributed by atoms with Gasteiger partial charge >= 0.3 is 0 Å². The summed E-state index contributed by atoms with van der Waals surface area (Å²) in [6.45, 7) is 20.8. The van der Waals surface area contributed by atoms with E-state index in [4.69, 9.17) is 0 Å². The van der Waals surface area contributed by atoms with Crippen LogP contribution in [0.3, 0.4) is 0 Å². The molecular formula is C26H46O. The lowest BCUT2D eigenvalue weighted by atomic mass is 9.70. The first kappa shape index (κ1) is 24.1. The Hall–Kier alpha value is -0.980. The minimum absolute atomic E-state index is 0.102. The Morgan fingerprint density at radius 2 is 1.22 bits per heavy atom. The van der Waals surface area contributed by atoms with Gasteiger partial charge < -0.3 is 5.11 Å². The van der Waals surface area contributed by atoms with Gasteiger partial charge in [0.2, 0.25) is 0 Å². The number of phenols is 1. The van der Waals surface area contributed by atoms with E-state index in [1.165, 1.54) is 42.4 Å². The second-order valence-corrected chi connectivity index (χ2v) is 10.7. The van der Waals surface area contributed by atoms with E-state index >= 15 is 0 Å². The van der Waals surface area contributed by atoms with Gasteiger partial charge in [0.15, 0.2) is 0 Å². The van der Waals surface area contributed by atoms with Gasteiger partial charge in [0.1, 0.15) is 5.75 Å². The van der Waals surface area contributed by atoms with Crippen LogP contribution in [0.2, 0.25) is 0 Å². The van der Waals surface area contributed by atoms with E-state index in [-0.39, 0.29) is 10.8 Å². The first-order valence-electron chi connectivity index (χ1n) is 11.3. The molecule has 0 fully saturated rings. The highest BCUT2D eigenvalue weighted by Gasteiger charge is 2.30. The summed E-state index contributed by atoms with van der Waals surface area (Å²) in [6.07, 6.45) is 8.29. The standard InChI is InChI=1S/C26H46O/c1-10-12-14-19(3)22-16-21(26(8,9)18-25(5,6)7)17-23(24(22)27)20(4)15-13-11-2/h16-17,19-20,27H,10-15,18H2,1-9H3. The van der Waals surface area contributed by atoms with Gasteiger partial charge in [0.05, 0.1) is 0 Å². The molecule has 27 heavy (non-hydrogen) atoms. The molecule has 2 atom stereocenters. The van der Waals surface area contributed by atoms with Crippen molar-refractivity contribution in [3.8, 4) is 5.75 Å². The monoisotopic (exact) mass is 374 g/mol. The van der Waals surface area contributed by atoms with Crippen molar-refractivity contribution in [1.29, 1.82) is 0 Å². The van der Waals surface area contributed by atoms with Crippen molar-refractivity contribution < 1.29 is 5.11 Å². The van der Waals surface area contributed by atoms with Crippen LogP contribution in [-0.2, 0) is 5.41 Å². The van der Waals surface area contributed by atoms with Crippen molar-refractivity contribution in [1.82, 2.24) is 0 Å². The summed E-state index contributed by atoms with van der Waals surface area (Å²) in [7, 11) is 0. The molecule has 1 heteroatoms. The van der Waals surface area contributed by atoms with E-state index < -0.39 is 0 Å². The Morgan fingerprint density at radius 3 is 1.56 bits per heavy atom. The quantitative estimate of drug-likeness (QED) is 0.434. The molecular weight excluding hydrogens is 328 g/mol. The molecule has 0 aromatic heterocycles. The van der Waals surface area contributed by atoms with Crippen molar-refractivity contribution in [2.24, 2.45) is 5.41 Å². The predicted molar refractivity (Wildman–Crippen MR) is 121 cm³/mol. The summed E-state index contributed by atoms with van der Waals surface area (Å²) in [5.74, 6) is 1.39. The smallest absolute Gasteiger partial charge is 0.122 e. The molecule has 0 aliphatic carbocycles. The molecule has 2 unspecified atom stereocenters. The highest BCUT2D eigenvalue weighted by atomic mass is 16.3. The SMILES string of the molecule is CCCCC(C)c1cc(C(C)(C)CC(C)(C)C)cc(C(C)CCCC)c1O. The fourth-order valence-electron chi connectivity index (χ4n) is 4.58. The number of unbranched alkanes of at least 4 members (excludes halogenated alkanes) is 2. The maximum atomic E-state index is 11.2. The van der Waals surface area contributed by atoms with Crippen LogP contribution in [0, 0.1) is 5.41 Å². The molecule has 0 amide bonds. The minimum Gasteiger partial charge on any atom is -0.507 e. The molecule has 1 nitrogen and oxygen atoms in total. The van der Waals surface area contributed by atoms with Gasteiger partial charge in [-0.25, -0.2) is 0 Å². The fourth-order valence-corrected chi connectivity index (χ4v) is 4.58. The lowest BCUT2D eigenvalue weighted by molar-refractivity contribution is 0.283. The second kappa shape index (κ2) is 9.99. The number of hydrogen-bond donors (Lipinski definition) is 1. The van der Waals surface area contributed by atoms with Crippen LogP contribution in [0.1, 0.15) is 136 Å². The van der Waals surface area contributed by atoms with E-state index in [1.54, 1.807) is 0 Å². The molecule has 0 saturated heterocycles. The number of rotatable bonds is 10. The number of hydrogen-bond acceptors (Lipinski definition) is 1. The van der Waals surface area contributed by atoms with E-state index in [0.29, 0.717) is 17.6 Å². The highest BCUT2D eigenvalue weighted by molar-refractivity contribution is 5.49. The van der Waals surface area contributed by atoms with Gasteiger partial charge in [-0.05, 0) is 58.6 Å². The molecule has 1 rings (SSSR count). The normalized spacial score (nSPS) is 15.0. The summed E-state index contributed by atoms with van der Waals surface area (Å²) in [4.78, 5) is 0. The molecule has 0 bridgehead atoms. The van der Waals surface area contributed by atoms with Crippen LogP contribution in [0.5, 0.6) is 5.75 Å². The lowest BCUT2D eigenvalue weighted by Gasteiger charge is -2.34. The maximum absolute atomic E-state index is 11.2. The van der Waals surface area contributed by atoms with Crippen molar-refractivity contribution >= 4 is 0 Å². The summed E-state index contributed by atoms with van der Waals surface area (Å²) in [6, 6.07) is 4.63. The van der Waals surface area contributed by atoms with E-state index in [0.717, 1.165) is 19.3 Å². The van der Waals surface area contributed by atoms with Gasteiger partial charge in [0, 0.05) is 0 Å². The lowest BCUT2D eigenvalue weighted by Crippen LogP contribution is -2.25. The Morgan fingerprint density at radius 1 is 0.815 bits per heavy atom. The first-order valence-corrected chi connectivity index (χ1v) is 11.3. The first-order chi connectivity index (χ1) is 12.4. The Balaban J connectivity index is 3.41. The fraction of sp³-hybridized carbons (Fsp3) is 0.769. The van der Waals surface area contributed by atoms with Crippen LogP contribution in [-0.4, -0.2) is 5.11 Å². The Bertz CT molecular complexity index is 541. The zero-order valence-corrected chi connectivity index (χ0v) is 19.7. The Kier molecular flexibility index (Phi) is 8.90. The molecule has 0 radical (unpaired) electrons. The van der Waals surface area contributed by atoms with Crippen LogP contribution in [0.4, 0.5) is 0 Å². The predicted octanol–water partition coefficient (Wildman–Crippen LogP) is 8.69. The number of benzene rings is 1. The van der Waals surface area contributed by atoms with Crippen LogP contribution in [0.15, 0.2) is 12.1 Å². The van der Waals surface area contributed by atoms with Crippen molar-refractivity contribution in [2.75, 3.05) is 0 Å². The summed E-state index contributed by atoms with van der Waals surface area (Å²) in [5, 5.41) is 11.2. The average Bonchev–Trinajstić information content (AvgIpc) is 2.55. The maximum Gasteiger partial charge on any atom is 0.122 e. The molecule has 1 N–H and O–H groups in total. The van der Waals surface area contributed by atoms with E-state index in [2.05, 4.69) is 74.4 Å². The number of phenolic OH excluding ortho intramolecular Hbond substituents is 1. The average molecular weight is 375 g/mol. The molecule has 0 aliphatic heterocycles. The molecule has 0 heterocycles. The molecule has 156 valence electrons. The molecule has 0 saturated carbocycles. The van der Waals surface area contributed by atoms with Crippen molar-refractivity contribution in [3.63, 3.8) is 0 Å². The zero-order chi connectivity index (χ0) is 20.8. The van der Waals surface area contributed by atoms with Crippen molar-refractivity contribution in [3.05, 3.63) is 28.8 Å². The largest absolute Gasteiger partial charge is 0.507 e. The van der Waals surface area contributed by atoms with Gasteiger partial charge in [-0.3, -0.25) is 0 Å². The molecule has 1 aromatic rings. The second-order valence-electron chi connectivity index (χ2n) is 10.7. The molecule has 0 aliphatic rings. The third-order valence-electron chi connectivity index (χ3n) is 5.97. The molecule has 1 aromatic carbocycles. The van der Waals surface area contributed by atoms with Crippen LogP contribution < -0.4 is 0 Å². The molecule has 0 spiro atoms. The van der Waals surface area contributed by atoms with Gasteiger partial charge in [-0.15, -0.1) is 0 Å². The topological polar surface area (TPSA) is 20.2 Å². The van der Waals surface area contributed by atoms with Crippen LogP contribution in [0.25, 0.3) is 0 Å². The van der Waals surface area contributed by atoms with Gasteiger partial charge in [-0.2, -0.15) is 0 Å². The van der Waals surface area contributed by atoms with Gasteiger partial charge in [-0.1, -0.05) is 100 Å². The number of aromatic hydroxyl groups is 1. The highest BCUT2D eigenvalue weighted by Crippen LogP contribution is 2.43. The van der Waals surface area contributed by atoms with E-state index in [1.807, 2.05) is 0 Å². The zero-order valence-electron chi connectivity index (χ0n) is 19.7. The van der Waals surface area contributed by atoms with Gasteiger partial charge in [0.25, 0.3) is 0 Å². The van der Waals surface area contributed by atoms with E-state index in [9.17, 15) is 5.11 Å². The Labute approximate surface area is 170 Å². The summed E-state index contributed by atoms with van der Waals surface area (Å²) in [5.41, 5.74) is 4.11.